The largest absolute Gasteiger partial charge is 0.323 e. The minimum Gasteiger partial charge on any atom is -0.323 e. The Hall–Kier alpha value is -0.0500. The van der Waals surface area contributed by atoms with Gasteiger partial charge >= 0.3 is 0 Å². The van der Waals surface area contributed by atoms with Crippen LogP contribution in [0.5, 0.6) is 0 Å². The Balaban J connectivity index is 1.93. The third-order valence-corrected chi connectivity index (χ3v) is 5.23. The SMILES string of the molecule is CCC1CCC(C(N)c2ccc(Cl)s2)CC1. The lowest BCUT2D eigenvalue weighted by Gasteiger charge is -2.31. The standard InChI is InChI=1S/C13H20ClNS/c1-2-9-3-5-10(6-4-9)13(15)11-7-8-12(14)16-11/h7-10,13H,2-6,15H2,1H3. The Bertz CT molecular complexity index is 328. The predicted molar refractivity (Wildman–Crippen MR) is 72.0 cm³/mol. The van der Waals surface area contributed by atoms with Crippen molar-refractivity contribution in [3.63, 3.8) is 0 Å². The first-order valence-electron chi connectivity index (χ1n) is 6.21. The molecule has 1 atom stereocenters. The molecule has 1 aromatic heterocycles. The Labute approximate surface area is 107 Å². The summed E-state index contributed by atoms with van der Waals surface area (Å²) in [6.07, 6.45) is 6.61. The molecule has 2 N–H and O–H groups in total. The number of halogens is 1. The Morgan fingerprint density at radius 2 is 2.06 bits per heavy atom. The summed E-state index contributed by atoms with van der Waals surface area (Å²) >= 11 is 7.59. The number of rotatable bonds is 3. The van der Waals surface area contributed by atoms with Crippen molar-refractivity contribution in [3.8, 4) is 0 Å². The van der Waals surface area contributed by atoms with Crippen LogP contribution in [0.1, 0.15) is 49.9 Å². The molecule has 1 unspecified atom stereocenters. The van der Waals surface area contributed by atoms with Crippen molar-refractivity contribution >= 4 is 22.9 Å². The smallest absolute Gasteiger partial charge is 0.0931 e. The maximum absolute atomic E-state index is 6.32. The lowest BCUT2D eigenvalue weighted by atomic mass is 9.77. The van der Waals surface area contributed by atoms with Gasteiger partial charge in [0.2, 0.25) is 0 Å². The van der Waals surface area contributed by atoms with Crippen molar-refractivity contribution in [1.82, 2.24) is 0 Å². The van der Waals surface area contributed by atoms with Crippen LogP contribution in [0.3, 0.4) is 0 Å². The van der Waals surface area contributed by atoms with Crippen molar-refractivity contribution in [2.75, 3.05) is 0 Å². The van der Waals surface area contributed by atoms with Crippen LogP contribution in [0.4, 0.5) is 0 Å². The molecule has 0 bridgehead atoms. The Kier molecular flexibility index (Phi) is 4.28. The van der Waals surface area contributed by atoms with Gasteiger partial charge in [0.25, 0.3) is 0 Å². The van der Waals surface area contributed by atoms with Crippen molar-refractivity contribution in [1.29, 1.82) is 0 Å². The van der Waals surface area contributed by atoms with E-state index in [0.717, 1.165) is 10.3 Å². The fourth-order valence-electron chi connectivity index (χ4n) is 2.70. The Morgan fingerprint density at radius 3 is 2.56 bits per heavy atom. The van der Waals surface area contributed by atoms with E-state index in [1.165, 1.54) is 37.0 Å². The quantitative estimate of drug-likeness (QED) is 0.840. The minimum atomic E-state index is 0.204. The second kappa shape index (κ2) is 5.52. The van der Waals surface area contributed by atoms with E-state index in [4.69, 9.17) is 17.3 Å². The van der Waals surface area contributed by atoms with Crippen LogP contribution in [0.2, 0.25) is 4.34 Å². The molecule has 0 aliphatic heterocycles. The van der Waals surface area contributed by atoms with Crippen LogP contribution in [0.15, 0.2) is 12.1 Å². The summed E-state index contributed by atoms with van der Waals surface area (Å²) in [5.41, 5.74) is 6.32. The average Bonchev–Trinajstić information content (AvgIpc) is 2.75. The molecule has 1 fully saturated rings. The van der Waals surface area contributed by atoms with Gasteiger partial charge in [-0.3, -0.25) is 0 Å². The maximum atomic E-state index is 6.32. The topological polar surface area (TPSA) is 26.0 Å². The van der Waals surface area contributed by atoms with Gasteiger partial charge in [-0.2, -0.15) is 0 Å². The first-order chi connectivity index (χ1) is 7.70. The van der Waals surface area contributed by atoms with E-state index in [1.54, 1.807) is 11.3 Å². The van der Waals surface area contributed by atoms with Crippen LogP contribution in [0, 0.1) is 11.8 Å². The second-order valence-electron chi connectivity index (χ2n) is 4.86. The summed E-state index contributed by atoms with van der Waals surface area (Å²) in [5, 5.41) is 0. The van der Waals surface area contributed by atoms with Gasteiger partial charge in [-0.05, 0) is 36.8 Å². The van der Waals surface area contributed by atoms with E-state index in [0.29, 0.717) is 5.92 Å². The molecule has 0 spiro atoms. The van der Waals surface area contributed by atoms with Crippen LogP contribution >= 0.6 is 22.9 Å². The molecule has 1 nitrogen and oxygen atoms in total. The molecule has 1 saturated carbocycles. The molecular formula is C13H20ClNS. The van der Waals surface area contributed by atoms with Crippen molar-refractivity contribution in [2.45, 2.75) is 45.1 Å². The molecule has 1 aliphatic rings. The first kappa shape index (κ1) is 12.4. The molecule has 90 valence electrons. The summed E-state index contributed by atoms with van der Waals surface area (Å²) < 4.78 is 0.854. The molecule has 0 aromatic carbocycles. The summed E-state index contributed by atoms with van der Waals surface area (Å²) in [4.78, 5) is 1.25. The lowest BCUT2D eigenvalue weighted by molar-refractivity contribution is 0.241. The van der Waals surface area contributed by atoms with Gasteiger partial charge in [-0.25, -0.2) is 0 Å². The highest BCUT2D eigenvalue weighted by Gasteiger charge is 2.26. The van der Waals surface area contributed by atoms with Gasteiger partial charge in [0, 0.05) is 10.9 Å². The van der Waals surface area contributed by atoms with Crippen LogP contribution in [-0.2, 0) is 0 Å². The molecule has 0 saturated heterocycles. The van der Waals surface area contributed by atoms with E-state index in [-0.39, 0.29) is 6.04 Å². The average molecular weight is 258 g/mol. The zero-order chi connectivity index (χ0) is 11.5. The highest BCUT2D eigenvalue weighted by molar-refractivity contribution is 7.16. The summed E-state index contributed by atoms with van der Waals surface area (Å²) in [7, 11) is 0. The fourth-order valence-corrected chi connectivity index (χ4v) is 3.85. The van der Waals surface area contributed by atoms with Gasteiger partial charge in [0.05, 0.1) is 4.34 Å². The van der Waals surface area contributed by atoms with Gasteiger partial charge in [0.1, 0.15) is 0 Å². The van der Waals surface area contributed by atoms with Crippen molar-refractivity contribution in [2.24, 2.45) is 17.6 Å². The zero-order valence-corrected chi connectivity index (χ0v) is 11.4. The van der Waals surface area contributed by atoms with Crippen molar-refractivity contribution < 1.29 is 0 Å². The van der Waals surface area contributed by atoms with Gasteiger partial charge in [-0.15, -0.1) is 11.3 Å². The van der Waals surface area contributed by atoms with Crippen molar-refractivity contribution in [3.05, 3.63) is 21.3 Å². The van der Waals surface area contributed by atoms with E-state index >= 15 is 0 Å². The van der Waals surface area contributed by atoms with Crippen LogP contribution in [-0.4, -0.2) is 0 Å². The molecule has 1 aliphatic carbocycles. The van der Waals surface area contributed by atoms with E-state index in [2.05, 4.69) is 13.0 Å². The van der Waals surface area contributed by atoms with Gasteiger partial charge in [-0.1, -0.05) is 37.8 Å². The molecule has 16 heavy (non-hydrogen) atoms. The monoisotopic (exact) mass is 257 g/mol. The van der Waals surface area contributed by atoms with Crippen LogP contribution in [0.25, 0.3) is 0 Å². The number of hydrogen-bond donors (Lipinski definition) is 1. The fraction of sp³-hybridized carbons (Fsp3) is 0.692. The highest BCUT2D eigenvalue weighted by atomic mass is 35.5. The summed E-state index contributed by atoms with van der Waals surface area (Å²) in [5.74, 6) is 1.60. The highest BCUT2D eigenvalue weighted by Crippen LogP contribution is 2.39. The Morgan fingerprint density at radius 1 is 1.38 bits per heavy atom. The molecular weight excluding hydrogens is 238 g/mol. The molecule has 0 radical (unpaired) electrons. The van der Waals surface area contributed by atoms with Crippen LogP contribution < -0.4 is 5.73 Å². The van der Waals surface area contributed by atoms with Gasteiger partial charge in [0.15, 0.2) is 0 Å². The molecule has 0 amide bonds. The molecule has 1 aromatic rings. The molecule has 3 heteroatoms. The normalized spacial score (nSPS) is 27.9. The summed E-state index contributed by atoms with van der Waals surface area (Å²) in [6.45, 7) is 2.30. The number of thiophene rings is 1. The third-order valence-electron chi connectivity index (χ3n) is 3.90. The summed E-state index contributed by atoms with van der Waals surface area (Å²) in [6, 6.07) is 4.25. The number of nitrogens with two attached hydrogens (primary N) is 1. The zero-order valence-electron chi connectivity index (χ0n) is 9.79. The van der Waals surface area contributed by atoms with E-state index < -0.39 is 0 Å². The maximum Gasteiger partial charge on any atom is 0.0931 e. The van der Waals surface area contributed by atoms with E-state index in [1.807, 2.05) is 6.07 Å². The minimum absolute atomic E-state index is 0.204. The molecule has 2 rings (SSSR count). The predicted octanol–water partition coefficient (Wildman–Crippen LogP) is 4.62. The van der Waals surface area contributed by atoms with Gasteiger partial charge < -0.3 is 5.73 Å². The lowest BCUT2D eigenvalue weighted by Crippen LogP contribution is -2.25. The second-order valence-corrected chi connectivity index (χ2v) is 6.60. The molecule has 1 heterocycles. The first-order valence-corrected chi connectivity index (χ1v) is 7.41. The number of hydrogen-bond acceptors (Lipinski definition) is 2. The third kappa shape index (κ3) is 2.79. The van der Waals surface area contributed by atoms with E-state index in [9.17, 15) is 0 Å².